The summed E-state index contributed by atoms with van der Waals surface area (Å²) in [6, 6.07) is 7.45. The van der Waals surface area contributed by atoms with Crippen LogP contribution in [0.2, 0.25) is 5.02 Å². The number of nitrogens with two attached hydrogens (primary N) is 1. The Morgan fingerprint density at radius 3 is 2.79 bits per heavy atom. The van der Waals surface area contributed by atoms with E-state index in [1.54, 1.807) is 25.6 Å². The van der Waals surface area contributed by atoms with Crippen molar-refractivity contribution in [2.45, 2.75) is 19.5 Å². The highest BCUT2D eigenvalue weighted by Gasteiger charge is 2.13. The SMILES string of the molecule is COCCCn1c(CN(CCOC)CC(N)=O)csc1=Nc1cccc(Cl)c1. The maximum atomic E-state index is 11.4. The number of thiazole rings is 1. The summed E-state index contributed by atoms with van der Waals surface area (Å²) in [6.07, 6.45) is 0.858. The number of nitrogens with zero attached hydrogens (tertiary/aromatic N) is 3. The summed E-state index contributed by atoms with van der Waals surface area (Å²) in [5, 5.41) is 2.72. The number of carbonyl (C=O) groups excluding carboxylic acids is 1. The van der Waals surface area contributed by atoms with Crippen molar-refractivity contribution in [2.75, 3.05) is 40.5 Å². The van der Waals surface area contributed by atoms with E-state index in [-0.39, 0.29) is 12.5 Å². The van der Waals surface area contributed by atoms with Gasteiger partial charge in [-0.1, -0.05) is 17.7 Å². The molecule has 154 valence electrons. The number of carbonyl (C=O) groups is 1. The minimum atomic E-state index is -0.360. The molecule has 9 heteroatoms. The lowest BCUT2D eigenvalue weighted by Gasteiger charge is -2.21. The molecule has 0 atom stereocenters. The fourth-order valence-corrected chi connectivity index (χ4v) is 3.85. The van der Waals surface area contributed by atoms with Crippen LogP contribution in [-0.4, -0.2) is 55.9 Å². The average molecular weight is 427 g/mol. The Kier molecular flexibility index (Phi) is 9.66. The van der Waals surface area contributed by atoms with Crippen LogP contribution in [0.3, 0.4) is 0 Å². The summed E-state index contributed by atoms with van der Waals surface area (Å²) < 4.78 is 12.5. The van der Waals surface area contributed by atoms with E-state index < -0.39 is 0 Å². The van der Waals surface area contributed by atoms with Gasteiger partial charge in [-0.05, 0) is 24.6 Å². The Hall–Kier alpha value is -1.71. The standard InChI is InChI=1S/C19H27ClN4O3S/c1-26-9-4-7-24-17(12-23(8-10-27-2)13-18(21)25)14-28-19(24)22-16-6-3-5-15(20)11-16/h3,5-6,11,14H,4,7-10,12-13H2,1-2H3,(H2,21,25). The van der Waals surface area contributed by atoms with Crippen molar-refractivity contribution >= 4 is 34.5 Å². The summed E-state index contributed by atoms with van der Waals surface area (Å²) in [7, 11) is 3.33. The van der Waals surface area contributed by atoms with Gasteiger partial charge in [-0.25, -0.2) is 4.99 Å². The Balaban J connectivity index is 2.31. The summed E-state index contributed by atoms with van der Waals surface area (Å²) in [5.74, 6) is -0.360. The normalized spacial score (nSPS) is 12.1. The topological polar surface area (TPSA) is 82.1 Å². The zero-order valence-corrected chi connectivity index (χ0v) is 17.8. The Bertz CT molecular complexity index is 822. The maximum absolute atomic E-state index is 11.4. The molecule has 0 saturated heterocycles. The highest BCUT2D eigenvalue weighted by molar-refractivity contribution is 7.07. The Labute approximate surface area is 174 Å². The van der Waals surface area contributed by atoms with Gasteiger partial charge in [0.2, 0.25) is 5.91 Å². The smallest absolute Gasteiger partial charge is 0.231 e. The summed E-state index contributed by atoms with van der Waals surface area (Å²) in [6.45, 7) is 3.34. The molecule has 0 saturated carbocycles. The highest BCUT2D eigenvalue weighted by atomic mass is 35.5. The first-order chi connectivity index (χ1) is 13.5. The first-order valence-electron chi connectivity index (χ1n) is 8.99. The molecule has 0 bridgehead atoms. The molecule has 1 heterocycles. The lowest BCUT2D eigenvalue weighted by atomic mass is 10.3. The van der Waals surface area contributed by atoms with Crippen LogP contribution in [0, 0.1) is 0 Å². The zero-order valence-electron chi connectivity index (χ0n) is 16.3. The van der Waals surface area contributed by atoms with E-state index in [9.17, 15) is 4.79 Å². The van der Waals surface area contributed by atoms with Crippen LogP contribution in [0.1, 0.15) is 12.1 Å². The van der Waals surface area contributed by atoms with Gasteiger partial charge in [0.1, 0.15) is 0 Å². The van der Waals surface area contributed by atoms with Gasteiger partial charge in [0, 0.05) is 56.6 Å². The van der Waals surface area contributed by atoms with Crippen LogP contribution in [0.4, 0.5) is 5.69 Å². The molecule has 0 aliphatic carbocycles. The first-order valence-corrected chi connectivity index (χ1v) is 10.2. The third kappa shape index (κ3) is 7.37. The Morgan fingerprint density at radius 1 is 1.32 bits per heavy atom. The van der Waals surface area contributed by atoms with Gasteiger partial charge in [0.05, 0.1) is 18.8 Å². The maximum Gasteiger partial charge on any atom is 0.231 e. The van der Waals surface area contributed by atoms with Gasteiger partial charge in [-0.15, -0.1) is 11.3 Å². The second-order valence-electron chi connectivity index (χ2n) is 6.27. The molecule has 1 aromatic carbocycles. The van der Waals surface area contributed by atoms with E-state index in [0.29, 0.717) is 31.3 Å². The molecule has 0 fully saturated rings. The molecular weight excluding hydrogens is 400 g/mol. The summed E-state index contributed by atoms with van der Waals surface area (Å²) in [5.41, 5.74) is 7.27. The second kappa shape index (κ2) is 12.0. The van der Waals surface area contributed by atoms with E-state index in [2.05, 4.69) is 9.95 Å². The quantitative estimate of drug-likeness (QED) is 0.528. The van der Waals surface area contributed by atoms with Crippen LogP contribution in [0.15, 0.2) is 34.6 Å². The molecule has 2 aromatic rings. The predicted octanol–water partition coefficient (Wildman–Crippen LogP) is 2.41. The molecule has 28 heavy (non-hydrogen) atoms. The number of aromatic nitrogens is 1. The number of methoxy groups -OCH3 is 2. The van der Waals surface area contributed by atoms with Crippen LogP contribution in [-0.2, 0) is 27.4 Å². The number of primary amides is 1. The van der Waals surface area contributed by atoms with E-state index in [1.807, 2.05) is 29.2 Å². The van der Waals surface area contributed by atoms with Crippen LogP contribution in [0.25, 0.3) is 0 Å². The van der Waals surface area contributed by atoms with Crippen LogP contribution < -0.4 is 10.5 Å². The van der Waals surface area contributed by atoms with Gasteiger partial charge in [0.15, 0.2) is 4.80 Å². The van der Waals surface area contributed by atoms with Crippen molar-refractivity contribution in [3.8, 4) is 0 Å². The van der Waals surface area contributed by atoms with Crippen molar-refractivity contribution < 1.29 is 14.3 Å². The molecule has 2 N–H and O–H groups in total. The molecule has 7 nitrogen and oxygen atoms in total. The monoisotopic (exact) mass is 426 g/mol. The third-order valence-corrected chi connectivity index (χ3v) is 5.17. The highest BCUT2D eigenvalue weighted by Crippen LogP contribution is 2.18. The van der Waals surface area contributed by atoms with Gasteiger partial charge in [-0.3, -0.25) is 9.69 Å². The van der Waals surface area contributed by atoms with E-state index in [1.165, 1.54) is 0 Å². The van der Waals surface area contributed by atoms with Crippen molar-refractivity contribution in [2.24, 2.45) is 10.7 Å². The molecule has 0 spiro atoms. The lowest BCUT2D eigenvalue weighted by Crippen LogP contribution is -2.36. The van der Waals surface area contributed by atoms with Crippen molar-refractivity contribution in [3.63, 3.8) is 0 Å². The number of amides is 1. The van der Waals surface area contributed by atoms with E-state index >= 15 is 0 Å². The average Bonchev–Trinajstić information content (AvgIpc) is 3.01. The number of halogens is 1. The largest absolute Gasteiger partial charge is 0.385 e. The van der Waals surface area contributed by atoms with Gasteiger partial charge in [0.25, 0.3) is 0 Å². The molecule has 1 aromatic heterocycles. The van der Waals surface area contributed by atoms with Crippen molar-refractivity contribution in [1.29, 1.82) is 0 Å². The second-order valence-corrected chi connectivity index (χ2v) is 7.54. The van der Waals surface area contributed by atoms with Crippen LogP contribution in [0.5, 0.6) is 0 Å². The minimum absolute atomic E-state index is 0.179. The summed E-state index contributed by atoms with van der Waals surface area (Å²) in [4.78, 5) is 19.0. The predicted molar refractivity (Wildman–Crippen MR) is 112 cm³/mol. The number of rotatable bonds is 12. The summed E-state index contributed by atoms with van der Waals surface area (Å²) >= 11 is 7.64. The molecule has 0 aliphatic heterocycles. The Morgan fingerprint density at radius 2 is 2.11 bits per heavy atom. The van der Waals surface area contributed by atoms with E-state index in [0.717, 1.165) is 29.1 Å². The zero-order chi connectivity index (χ0) is 20.4. The third-order valence-electron chi connectivity index (χ3n) is 4.02. The van der Waals surface area contributed by atoms with Gasteiger partial charge < -0.3 is 19.8 Å². The molecule has 0 radical (unpaired) electrons. The van der Waals surface area contributed by atoms with Gasteiger partial charge in [-0.2, -0.15) is 0 Å². The van der Waals surface area contributed by atoms with Gasteiger partial charge >= 0.3 is 0 Å². The fourth-order valence-electron chi connectivity index (χ4n) is 2.73. The van der Waals surface area contributed by atoms with Crippen molar-refractivity contribution in [3.05, 3.63) is 45.2 Å². The van der Waals surface area contributed by atoms with E-state index in [4.69, 9.17) is 31.8 Å². The lowest BCUT2D eigenvalue weighted by molar-refractivity contribution is -0.119. The number of hydrogen-bond donors (Lipinski definition) is 1. The fraction of sp³-hybridized carbons (Fsp3) is 0.474. The first kappa shape index (κ1) is 22.6. The molecule has 1 amide bonds. The van der Waals surface area contributed by atoms with Crippen molar-refractivity contribution in [1.82, 2.24) is 9.47 Å². The molecule has 2 rings (SSSR count). The number of hydrogen-bond acceptors (Lipinski definition) is 6. The number of ether oxygens (including phenoxy) is 2. The van der Waals surface area contributed by atoms with Crippen LogP contribution >= 0.6 is 22.9 Å². The number of benzene rings is 1. The molecular formula is C19H27ClN4O3S. The molecule has 0 aliphatic rings. The minimum Gasteiger partial charge on any atom is -0.385 e. The molecule has 0 unspecified atom stereocenters.